The summed E-state index contributed by atoms with van der Waals surface area (Å²) >= 11 is 6.57. The van der Waals surface area contributed by atoms with Crippen LogP contribution in [-0.4, -0.2) is 27.3 Å². The number of nitrogen functional groups attached to an aromatic ring is 1. The molecule has 2 atom stereocenters. The summed E-state index contributed by atoms with van der Waals surface area (Å²) in [4.78, 5) is 8.52. The summed E-state index contributed by atoms with van der Waals surface area (Å²) < 4.78 is 15.9. The molecule has 8 heteroatoms. The van der Waals surface area contributed by atoms with Crippen LogP contribution < -0.4 is 16.8 Å². The van der Waals surface area contributed by atoms with Crippen LogP contribution in [0.3, 0.4) is 0 Å². The summed E-state index contributed by atoms with van der Waals surface area (Å²) in [6, 6.07) is 6.02. The lowest BCUT2D eigenvalue weighted by atomic mass is 9.83. The highest BCUT2D eigenvalue weighted by Gasteiger charge is 2.26. The molecule has 0 amide bonds. The van der Waals surface area contributed by atoms with Crippen LogP contribution in [0.25, 0.3) is 5.65 Å². The average molecular weight is 429 g/mol. The van der Waals surface area contributed by atoms with Gasteiger partial charge in [0.05, 0.1) is 22.0 Å². The van der Waals surface area contributed by atoms with Crippen LogP contribution in [0.15, 0.2) is 35.6 Å². The quantitative estimate of drug-likeness (QED) is 0.329. The number of hydrogen-bond donors (Lipinski definition) is 3. The summed E-state index contributed by atoms with van der Waals surface area (Å²) in [5.41, 5.74) is 15.9. The molecule has 0 radical (unpaired) electrons. The summed E-state index contributed by atoms with van der Waals surface area (Å²) in [5, 5.41) is 3.99. The van der Waals surface area contributed by atoms with Crippen molar-refractivity contribution >= 4 is 34.5 Å². The van der Waals surface area contributed by atoms with E-state index in [0.717, 1.165) is 18.4 Å². The van der Waals surface area contributed by atoms with E-state index in [-0.39, 0.29) is 11.5 Å². The summed E-state index contributed by atoms with van der Waals surface area (Å²) in [6.45, 7) is 6.17. The van der Waals surface area contributed by atoms with E-state index in [0.29, 0.717) is 45.7 Å². The van der Waals surface area contributed by atoms with Crippen LogP contribution in [0, 0.1) is 12.7 Å². The largest absolute Gasteiger partial charge is 0.398 e. The Bertz CT molecular complexity index is 1110. The second kappa shape index (κ2) is 7.89. The molecule has 0 bridgehead atoms. The first-order valence-electron chi connectivity index (χ1n) is 10.1. The lowest BCUT2D eigenvalue weighted by Crippen LogP contribution is -2.41. The van der Waals surface area contributed by atoms with Crippen molar-refractivity contribution < 1.29 is 4.39 Å². The smallest absolute Gasteiger partial charge is 0.173 e. The van der Waals surface area contributed by atoms with Gasteiger partial charge in [0.15, 0.2) is 11.5 Å². The van der Waals surface area contributed by atoms with Gasteiger partial charge in [-0.15, -0.1) is 0 Å². The van der Waals surface area contributed by atoms with Crippen molar-refractivity contribution in [2.75, 3.05) is 5.73 Å². The Morgan fingerprint density at radius 3 is 2.60 bits per heavy atom. The van der Waals surface area contributed by atoms with E-state index in [4.69, 9.17) is 23.1 Å². The van der Waals surface area contributed by atoms with Crippen molar-refractivity contribution in [3.63, 3.8) is 0 Å². The Labute approximate surface area is 180 Å². The lowest BCUT2D eigenvalue weighted by Gasteiger charge is -2.33. The second-order valence-electron chi connectivity index (χ2n) is 8.26. The standard InChI is InChI=1S/C22H26ClFN6/c1-11-4-14(5-12(2)27-11)15-6-17(23)20(19(25)7-15)21(26)29-16-8-18(24)22-28-13(3)9-30(22)10-16/h6-12,14,27H,4-5,25H2,1-3H3,(H2,26,29). The highest BCUT2D eigenvalue weighted by Crippen LogP contribution is 2.35. The molecular formula is C22H26ClFN6. The monoisotopic (exact) mass is 428 g/mol. The van der Waals surface area contributed by atoms with Crippen LogP contribution >= 0.6 is 11.6 Å². The number of benzene rings is 1. The van der Waals surface area contributed by atoms with E-state index in [1.165, 1.54) is 6.07 Å². The Morgan fingerprint density at radius 1 is 1.23 bits per heavy atom. The second-order valence-corrected chi connectivity index (χ2v) is 8.67. The van der Waals surface area contributed by atoms with Crippen molar-refractivity contribution in [1.29, 1.82) is 0 Å². The maximum atomic E-state index is 14.3. The van der Waals surface area contributed by atoms with Gasteiger partial charge in [0.25, 0.3) is 0 Å². The highest BCUT2D eigenvalue weighted by molar-refractivity contribution is 6.35. The minimum Gasteiger partial charge on any atom is -0.398 e. The summed E-state index contributed by atoms with van der Waals surface area (Å²) in [6.07, 6.45) is 5.44. The number of anilines is 1. The number of rotatable bonds is 3. The van der Waals surface area contributed by atoms with Crippen molar-refractivity contribution in [3.8, 4) is 0 Å². The van der Waals surface area contributed by atoms with Crippen molar-refractivity contribution in [3.05, 3.63) is 58.3 Å². The molecule has 1 fully saturated rings. The zero-order valence-corrected chi connectivity index (χ0v) is 18.0. The molecule has 0 aliphatic carbocycles. The number of halogens is 2. The highest BCUT2D eigenvalue weighted by atomic mass is 35.5. The zero-order chi connectivity index (χ0) is 21.6. The fraction of sp³-hybridized carbons (Fsp3) is 0.364. The van der Waals surface area contributed by atoms with Gasteiger partial charge in [-0.05, 0) is 57.2 Å². The molecule has 2 aromatic heterocycles. The molecule has 30 heavy (non-hydrogen) atoms. The van der Waals surface area contributed by atoms with Gasteiger partial charge < -0.3 is 21.2 Å². The van der Waals surface area contributed by atoms with Gasteiger partial charge in [0.2, 0.25) is 0 Å². The van der Waals surface area contributed by atoms with Crippen LogP contribution in [0.5, 0.6) is 0 Å². The van der Waals surface area contributed by atoms with E-state index in [2.05, 4.69) is 29.1 Å². The number of nitrogens with zero attached hydrogens (tertiary/aromatic N) is 3. The number of pyridine rings is 1. The van der Waals surface area contributed by atoms with Gasteiger partial charge in [-0.3, -0.25) is 0 Å². The van der Waals surface area contributed by atoms with Crippen LogP contribution in [-0.2, 0) is 0 Å². The Hall–Kier alpha value is -2.64. The number of aliphatic imine (C=N–C) groups is 1. The molecule has 6 nitrogen and oxygen atoms in total. The molecule has 4 rings (SSSR count). The van der Waals surface area contributed by atoms with Crippen LogP contribution in [0.1, 0.15) is 49.4 Å². The van der Waals surface area contributed by atoms with Crippen molar-refractivity contribution in [2.24, 2.45) is 10.7 Å². The topological polar surface area (TPSA) is 93.7 Å². The maximum absolute atomic E-state index is 14.3. The molecule has 0 saturated carbocycles. The number of fused-ring (bicyclic) bond motifs is 1. The minimum absolute atomic E-state index is 0.145. The Kier molecular flexibility index (Phi) is 5.42. The van der Waals surface area contributed by atoms with Crippen LogP contribution in [0.4, 0.5) is 15.8 Å². The minimum atomic E-state index is -0.472. The number of hydrogen-bond acceptors (Lipinski definition) is 4. The Morgan fingerprint density at radius 2 is 1.93 bits per heavy atom. The number of aryl methyl sites for hydroxylation is 1. The zero-order valence-electron chi connectivity index (χ0n) is 17.3. The first-order chi connectivity index (χ1) is 14.2. The van der Waals surface area contributed by atoms with Gasteiger partial charge in [-0.2, -0.15) is 0 Å². The number of imidazole rings is 1. The van der Waals surface area contributed by atoms with E-state index in [9.17, 15) is 4.39 Å². The molecule has 1 aliphatic heterocycles. The molecule has 0 spiro atoms. The Balaban J connectivity index is 1.68. The number of piperidine rings is 1. The lowest BCUT2D eigenvalue weighted by molar-refractivity contribution is 0.317. The molecule has 1 aromatic carbocycles. The van der Waals surface area contributed by atoms with E-state index >= 15 is 0 Å². The number of amidine groups is 1. The van der Waals surface area contributed by atoms with E-state index in [1.807, 2.05) is 12.1 Å². The van der Waals surface area contributed by atoms with E-state index in [1.54, 1.807) is 23.7 Å². The molecule has 1 saturated heterocycles. The molecule has 158 valence electrons. The molecule has 2 unspecified atom stereocenters. The molecule has 3 heterocycles. The molecule has 5 N–H and O–H groups in total. The maximum Gasteiger partial charge on any atom is 0.173 e. The predicted molar refractivity (Wildman–Crippen MR) is 120 cm³/mol. The first kappa shape index (κ1) is 20.6. The van der Waals surface area contributed by atoms with Crippen molar-refractivity contribution in [2.45, 2.75) is 51.6 Å². The van der Waals surface area contributed by atoms with Gasteiger partial charge in [-0.1, -0.05) is 11.6 Å². The number of nitrogens with two attached hydrogens (primary N) is 2. The third kappa shape index (κ3) is 4.00. The third-order valence-electron chi connectivity index (χ3n) is 5.58. The summed E-state index contributed by atoms with van der Waals surface area (Å²) in [7, 11) is 0. The van der Waals surface area contributed by atoms with Gasteiger partial charge in [0, 0.05) is 36.2 Å². The SMILES string of the molecule is Cc1cn2cc(N=C(N)c3c(N)cc(C4CC(C)NC(C)C4)cc3Cl)cc(F)c2n1. The number of nitrogens with one attached hydrogen (secondary N) is 1. The van der Waals surface area contributed by atoms with Crippen molar-refractivity contribution in [1.82, 2.24) is 14.7 Å². The van der Waals surface area contributed by atoms with E-state index < -0.39 is 5.82 Å². The predicted octanol–water partition coefficient (Wildman–Crippen LogP) is 4.30. The van der Waals surface area contributed by atoms with Gasteiger partial charge >= 0.3 is 0 Å². The molecule has 1 aliphatic rings. The first-order valence-corrected chi connectivity index (χ1v) is 10.4. The normalized spacial score (nSPS) is 22.6. The fourth-order valence-corrected chi connectivity index (χ4v) is 4.75. The molecular weight excluding hydrogens is 403 g/mol. The average Bonchev–Trinajstić information content (AvgIpc) is 3.01. The number of aromatic nitrogens is 2. The third-order valence-corrected chi connectivity index (χ3v) is 5.88. The van der Waals surface area contributed by atoms with Gasteiger partial charge in [0.1, 0.15) is 5.84 Å². The molecule has 3 aromatic rings. The summed E-state index contributed by atoms with van der Waals surface area (Å²) in [5.74, 6) is 0.0524. The van der Waals surface area contributed by atoms with Crippen LogP contribution in [0.2, 0.25) is 5.02 Å². The van der Waals surface area contributed by atoms with Gasteiger partial charge in [-0.25, -0.2) is 14.4 Å². The fourth-order valence-electron chi connectivity index (χ4n) is 4.42.